The van der Waals surface area contributed by atoms with Crippen LogP contribution in [0.2, 0.25) is 0 Å². The third kappa shape index (κ3) is 3.93. The summed E-state index contributed by atoms with van der Waals surface area (Å²) in [5, 5.41) is 9.19. The predicted molar refractivity (Wildman–Crippen MR) is 123 cm³/mol. The van der Waals surface area contributed by atoms with Gasteiger partial charge in [-0.1, -0.05) is 0 Å². The second kappa shape index (κ2) is 8.46. The second-order valence-corrected chi connectivity index (χ2v) is 10.1. The van der Waals surface area contributed by atoms with Crippen molar-refractivity contribution in [1.29, 1.82) is 0 Å². The summed E-state index contributed by atoms with van der Waals surface area (Å²) in [6.07, 6.45) is 3.32. The highest BCUT2D eigenvalue weighted by molar-refractivity contribution is 7.92. The SMILES string of the molecule is COc1cc2c(cc1-c1c(F)ccc(NS(=O)(=O)CCCF)c1F)c(C1CC1)nc1[nH]ncc12. The van der Waals surface area contributed by atoms with E-state index in [1.54, 1.807) is 18.3 Å². The van der Waals surface area contributed by atoms with Crippen LogP contribution in [-0.2, 0) is 10.0 Å². The summed E-state index contributed by atoms with van der Waals surface area (Å²) in [5.74, 6) is -2.05. The maximum atomic E-state index is 15.5. The van der Waals surface area contributed by atoms with Crippen molar-refractivity contribution in [1.82, 2.24) is 15.2 Å². The van der Waals surface area contributed by atoms with E-state index in [4.69, 9.17) is 4.74 Å². The number of anilines is 1. The first kappa shape index (κ1) is 22.5. The van der Waals surface area contributed by atoms with Gasteiger partial charge in [0.15, 0.2) is 11.5 Å². The molecule has 11 heteroatoms. The standard InChI is InChI=1S/C23H21F3N4O3S/c1-33-19-10-13-14(22(12-3-4-12)28-23-16(13)11-27-29-23)9-15(19)20-17(25)5-6-18(21(20)26)30-34(31,32)8-2-7-24/h5-6,9-12,30H,2-4,7-8H2,1H3,(H,27,28,29). The van der Waals surface area contributed by atoms with Gasteiger partial charge in [-0.3, -0.25) is 14.2 Å². The van der Waals surface area contributed by atoms with E-state index in [1.165, 1.54) is 7.11 Å². The van der Waals surface area contributed by atoms with Crippen molar-refractivity contribution in [2.75, 3.05) is 24.3 Å². The minimum atomic E-state index is -4.01. The lowest BCUT2D eigenvalue weighted by atomic mass is 9.96. The quantitative estimate of drug-likeness (QED) is 0.361. The highest BCUT2D eigenvalue weighted by Gasteiger charge is 2.30. The van der Waals surface area contributed by atoms with Gasteiger partial charge in [0.05, 0.1) is 42.7 Å². The molecule has 4 aromatic rings. The molecule has 34 heavy (non-hydrogen) atoms. The number of aromatic nitrogens is 3. The molecule has 2 heterocycles. The Labute approximate surface area is 193 Å². The maximum absolute atomic E-state index is 15.5. The van der Waals surface area contributed by atoms with Crippen LogP contribution in [0.5, 0.6) is 5.75 Å². The largest absolute Gasteiger partial charge is 0.496 e. The van der Waals surface area contributed by atoms with Crippen molar-refractivity contribution < 1.29 is 26.3 Å². The number of alkyl halides is 1. The van der Waals surface area contributed by atoms with Crippen molar-refractivity contribution in [3.63, 3.8) is 0 Å². The molecular weight excluding hydrogens is 469 g/mol. The number of nitrogens with zero attached hydrogens (tertiary/aromatic N) is 2. The van der Waals surface area contributed by atoms with Crippen molar-refractivity contribution in [2.24, 2.45) is 0 Å². The van der Waals surface area contributed by atoms with E-state index in [1.807, 2.05) is 0 Å². The molecule has 2 aromatic heterocycles. The predicted octanol–water partition coefficient (Wildman–Crippen LogP) is 5.04. The summed E-state index contributed by atoms with van der Waals surface area (Å²) in [4.78, 5) is 4.69. The van der Waals surface area contributed by atoms with Crippen LogP contribution in [0, 0.1) is 11.6 Å². The van der Waals surface area contributed by atoms with Crippen LogP contribution in [0.15, 0.2) is 30.5 Å². The zero-order chi connectivity index (χ0) is 24.0. The molecular formula is C23H21F3N4O3S. The molecule has 0 radical (unpaired) electrons. The average molecular weight is 491 g/mol. The summed E-state index contributed by atoms with van der Waals surface area (Å²) in [6, 6.07) is 5.30. The Bertz CT molecular complexity index is 1520. The summed E-state index contributed by atoms with van der Waals surface area (Å²) >= 11 is 0. The first-order valence-electron chi connectivity index (χ1n) is 10.7. The third-order valence-corrected chi connectivity index (χ3v) is 7.25. The molecule has 2 aromatic carbocycles. The van der Waals surface area contributed by atoms with E-state index < -0.39 is 45.3 Å². The number of pyridine rings is 1. The average Bonchev–Trinajstić information content (AvgIpc) is 3.55. The molecule has 2 N–H and O–H groups in total. The lowest BCUT2D eigenvalue weighted by Crippen LogP contribution is -2.18. The van der Waals surface area contributed by atoms with Gasteiger partial charge in [-0.2, -0.15) is 5.10 Å². The minimum Gasteiger partial charge on any atom is -0.496 e. The van der Waals surface area contributed by atoms with Gasteiger partial charge in [-0.05, 0) is 48.9 Å². The first-order chi connectivity index (χ1) is 16.3. The third-order valence-electron chi connectivity index (χ3n) is 5.89. The van der Waals surface area contributed by atoms with Crippen LogP contribution in [-0.4, -0.2) is 43.1 Å². The van der Waals surface area contributed by atoms with Gasteiger partial charge in [-0.15, -0.1) is 0 Å². The number of benzene rings is 2. The number of hydrogen-bond acceptors (Lipinski definition) is 5. The molecule has 5 rings (SSSR count). The van der Waals surface area contributed by atoms with E-state index in [-0.39, 0.29) is 23.7 Å². The first-order valence-corrected chi connectivity index (χ1v) is 12.4. The Morgan fingerprint density at radius 1 is 1.18 bits per heavy atom. The Morgan fingerprint density at radius 3 is 2.68 bits per heavy atom. The number of hydrogen-bond donors (Lipinski definition) is 2. The minimum absolute atomic E-state index is 0.126. The topological polar surface area (TPSA) is 97.0 Å². The van der Waals surface area contributed by atoms with E-state index in [2.05, 4.69) is 19.9 Å². The fourth-order valence-electron chi connectivity index (χ4n) is 4.13. The van der Waals surface area contributed by atoms with Crippen molar-refractivity contribution >= 4 is 37.5 Å². The molecule has 1 saturated carbocycles. The highest BCUT2D eigenvalue weighted by Crippen LogP contribution is 2.46. The van der Waals surface area contributed by atoms with E-state index >= 15 is 4.39 Å². The molecule has 0 spiro atoms. The molecule has 0 unspecified atom stereocenters. The molecule has 1 aliphatic rings. The molecule has 0 bridgehead atoms. The molecule has 7 nitrogen and oxygen atoms in total. The Morgan fingerprint density at radius 2 is 1.97 bits per heavy atom. The lowest BCUT2D eigenvalue weighted by Gasteiger charge is -2.16. The lowest BCUT2D eigenvalue weighted by molar-refractivity contribution is 0.416. The van der Waals surface area contributed by atoms with Gasteiger partial charge in [0.25, 0.3) is 0 Å². The number of nitrogens with one attached hydrogen (secondary N) is 2. The van der Waals surface area contributed by atoms with Crippen LogP contribution in [0.3, 0.4) is 0 Å². The zero-order valence-corrected chi connectivity index (χ0v) is 19.0. The molecule has 1 aliphatic carbocycles. The smallest absolute Gasteiger partial charge is 0.232 e. The second-order valence-electron chi connectivity index (χ2n) is 8.25. The van der Waals surface area contributed by atoms with Crippen LogP contribution < -0.4 is 9.46 Å². The number of halogens is 3. The highest BCUT2D eigenvalue weighted by atomic mass is 32.2. The molecule has 0 atom stereocenters. The maximum Gasteiger partial charge on any atom is 0.232 e. The molecule has 0 aliphatic heterocycles. The monoisotopic (exact) mass is 490 g/mol. The van der Waals surface area contributed by atoms with Crippen molar-refractivity contribution in [3.05, 3.63) is 47.8 Å². The van der Waals surface area contributed by atoms with Gasteiger partial charge >= 0.3 is 0 Å². The van der Waals surface area contributed by atoms with Crippen molar-refractivity contribution in [2.45, 2.75) is 25.2 Å². The molecule has 0 saturated heterocycles. The van der Waals surface area contributed by atoms with Crippen LogP contribution >= 0.6 is 0 Å². The summed E-state index contributed by atoms with van der Waals surface area (Å²) in [5.41, 5.74) is 0.689. The van der Waals surface area contributed by atoms with Crippen LogP contribution in [0.25, 0.3) is 32.9 Å². The summed E-state index contributed by atoms with van der Waals surface area (Å²) in [6.45, 7) is -0.826. The van der Waals surface area contributed by atoms with Crippen LogP contribution in [0.1, 0.15) is 30.9 Å². The number of methoxy groups -OCH3 is 1. The number of H-pyrrole nitrogens is 1. The fraction of sp³-hybridized carbons (Fsp3) is 0.304. The van der Waals surface area contributed by atoms with Gasteiger partial charge < -0.3 is 4.74 Å². The van der Waals surface area contributed by atoms with Crippen molar-refractivity contribution in [3.8, 4) is 16.9 Å². The normalized spacial score (nSPS) is 14.1. The van der Waals surface area contributed by atoms with Gasteiger partial charge in [0.2, 0.25) is 10.0 Å². The van der Waals surface area contributed by atoms with E-state index in [9.17, 15) is 17.2 Å². The number of sulfonamides is 1. The van der Waals surface area contributed by atoms with Crippen LogP contribution in [0.4, 0.5) is 18.9 Å². The number of ether oxygens (including phenoxy) is 1. The van der Waals surface area contributed by atoms with Gasteiger partial charge in [-0.25, -0.2) is 22.2 Å². The van der Waals surface area contributed by atoms with Gasteiger partial charge in [0.1, 0.15) is 11.6 Å². The number of fused-ring (bicyclic) bond motifs is 3. The summed E-state index contributed by atoms with van der Waals surface area (Å²) in [7, 11) is -2.62. The van der Waals surface area contributed by atoms with E-state index in [0.29, 0.717) is 5.65 Å². The zero-order valence-electron chi connectivity index (χ0n) is 18.2. The summed E-state index contributed by atoms with van der Waals surface area (Å²) < 4.78 is 74.9. The molecule has 1 fully saturated rings. The molecule has 0 amide bonds. The van der Waals surface area contributed by atoms with Gasteiger partial charge in [0, 0.05) is 22.3 Å². The Balaban J connectivity index is 1.71. The Hall–Kier alpha value is -3.34. The molecule has 178 valence electrons. The number of aromatic amines is 1. The number of rotatable bonds is 8. The fourth-order valence-corrected chi connectivity index (χ4v) is 5.21. The Kier molecular flexibility index (Phi) is 5.59. The van der Waals surface area contributed by atoms with E-state index in [0.717, 1.165) is 46.8 Å².